The molecule has 2 aliphatic heterocycles. The lowest BCUT2D eigenvalue weighted by molar-refractivity contribution is 0.169. The molecular formula is C13H17BrClN3. The van der Waals surface area contributed by atoms with Crippen molar-refractivity contribution < 1.29 is 0 Å². The maximum absolute atomic E-state index is 5.91. The van der Waals surface area contributed by atoms with Crippen LogP contribution in [-0.2, 0) is 0 Å². The number of hydrogen-bond donors (Lipinski definition) is 1. The van der Waals surface area contributed by atoms with Crippen molar-refractivity contribution in [1.29, 1.82) is 0 Å². The van der Waals surface area contributed by atoms with E-state index in [2.05, 4.69) is 38.2 Å². The number of nitrogens with zero attached hydrogens (tertiary/aromatic N) is 2. The number of pyridine rings is 1. The molecule has 0 amide bonds. The number of fused-ring (bicyclic) bond motifs is 2. The van der Waals surface area contributed by atoms with Gasteiger partial charge in [0.25, 0.3) is 0 Å². The van der Waals surface area contributed by atoms with Crippen LogP contribution in [-0.4, -0.2) is 35.1 Å². The van der Waals surface area contributed by atoms with Gasteiger partial charge in [-0.3, -0.25) is 0 Å². The highest BCUT2D eigenvalue weighted by Gasteiger charge is 2.38. The standard InChI is InChI=1S/C13H17BrClN3/c1-18-10-2-3-11(18)5-8(4-10)17-9-6-12(14)13(15)16-7-9/h6-8,10-11,17H,2-5H2,1H3. The maximum atomic E-state index is 5.91. The average Bonchev–Trinajstić information content (AvgIpc) is 2.58. The fraction of sp³-hybridized carbons (Fsp3) is 0.615. The van der Waals surface area contributed by atoms with Crippen molar-refractivity contribution in [2.24, 2.45) is 0 Å². The molecule has 3 nitrogen and oxygen atoms in total. The molecule has 0 aliphatic carbocycles. The van der Waals surface area contributed by atoms with Crippen LogP contribution < -0.4 is 5.32 Å². The molecule has 3 heterocycles. The first-order chi connectivity index (χ1) is 8.63. The Morgan fingerprint density at radius 3 is 2.67 bits per heavy atom. The van der Waals surface area contributed by atoms with E-state index in [1.54, 1.807) is 0 Å². The van der Waals surface area contributed by atoms with Crippen LogP contribution in [0, 0.1) is 0 Å². The normalized spacial score (nSPS) is 31.6. The summed E-state index contributed by atoms with van der Waals surface area (Å²) in [6.45, 7) is 0. The molecule has 2 unspecified atom stereocenters. The minimum Gasteiger partial charge on any atom is -0.381 e. The Labute approximate surface area is 121 Å². The lowest BCUT2D eigenvalue weighted by Crippen LogP contribution is -2.44. The third-order valence-electron chi connectivity index (χ3n) is 4.27. The van der Waals surface area contributed by atoms with Gasteiger partial charge in [0.2, 0.25) is 0 Å². The predicted octanol–water partition coefficient (Wildman–Crippen LogP) is 3.53. The van der Waals surface area contributed by atoms with E-state index >= 15 is 0 Å². The molecule has 2 saturated heterocycles. The fourth-order valence-corrected chi connectivity index (χ4v) is 3.72. The summed E-state index contributed by atoms with van der Waals surface area (Å²) < 4.78 is 0.852. The molecule has 18 heavy (non-hydrogen) atoms. The Morgan fingerprint density at radius 1 is 1.39 bits per heavy atom. The zero-order valence-corrected chi connectivity index (χ0v) is 12.7. The Hall–Kier alpha value is -0.320. The van der Waals surface area contributed by atoms with Gasteiger partial charge >= 0.3 is 0 Å². The Kier molecular flexibility index (Phi) is 3.52. The van der Waals surface area contributed by atoms with Crippen molar-refractivity contribution in [2.45, 2.75) is 43.8 Å². The summed E-state index contributed by atoms with van der Waals surface area (Å²) in [4.78, 5) is 6.71. The largest absolute Gasteiger partial charge is 0.381 e. The summed E-state index contributed by atoms with van der Waals surface area (Å²) in [6.07, 6.45) is 6.97. The molecule has 1 N–H and O–H groups in total. The van der Waals surface area contributed by atoms with Crippen LogP contribution in [0.4, 0.5) is 5.69 Å². The Morgan fingerprint density at radius 2 is 2.06 bits per heavy atom. The molecule has 2 aliphatic rings. The van der Waals surface area contributed by atoms with E-state index in [0.29, 0.717) is 11.2 Å². The monoisotopic (exact) mass is 329 g/mol. The summed E-state index contributed by atoms with van der Waals surface area (Å²) in [5.41, 5.74) is 1.06. The molecule has 0 radical (unpaired) electrons. The quantitative estimate of drug-likeness (QED) is 0.841. The number of aromatic nitrogens is 1. The molecule has 98 valence electrons. The predicted molar refractivity (Wildman–Crippen MR) is 78.2 cm³/mol. The van der Waals surface area contributed by atoms with Crippen molar-refractivity contribution in [3.8, 4) is 0 Å². The van der Waals surface area contributed by atoms with Gasteiger partial charge in [-0.05, 0) is 54.7 Å². The molecule has 0 saturated carbocycles. The number of piperidine rings is 1. The average molecular weight is 331 g/mol. The lowest BCUT2D eigenvalue weighted by atomic mass is 9.98. The zero-order valence-electron chi connectivity index (χ0n) is 10.4. The van der Waals surface area contributed by atoms with E-state index in [-0.39, 0.29) is 0 Å². The number of halogens is 2. The molecular weight excluding hydrogens is 314 g/mol. The highest BCUT2D eigenvalue weighted by Crippen LogP contribution is 2.35. The van der Waals surface area contributed by atoms with Crippen LogP contribution in [0.3, 0.4) is 0 Å². The van der Waals surface area contributed by atoms with Crippen LogP contribution >= 0.6 is 27.5 Å². The van der Waals surface area contributed by atoms with Crippen molar-refractivity contribution >= 4 is 33.2 Å². The summed E-state index contributed by atoms with van der Waals surface area (Å²) in [5.74, 6) is 0. The Balaban J connectivity index is 1.68. The second-order valence-electron chi connectivity index (χ2n) is 5.36. The smallest absolute Gasteiger partial charge is 0.143 e. The van der Waals surface area contributed by atoms with Crippen LogP contribution in [0.2, 0.25) is 5.15 Å². The first-order valence-electron chi connectivity index (χ1n) is 6.43. The number of anilines is 1. The molecule has 2 bridgehead atoms. The third kappa shape index (κ3) is 2.38. The molecule has 3 rings (SSSR count). The van der Waals surface area contributed by atoms with Gasteiger partial charge in [0.05, 0.1) is 16.4 Å². The first kappa shape index (κ1) is 12.7. The van der Waals surface area contributed by atoms with E-state index in [1.165, 1.54) is 25.7 Å². The second kappa shape index (κ2) is 4.99. The molecule has 5 heteroatoms. The van der Waals surface area contributed by atoms with Crippen molar-refractivity contribution in [3.63, 3.8) is 0 Å². The molecule has 2 fully saturated rings. The first-order valence-corrected chi connectivity index (χ1v) is 7.60. The number of nitrogens with one attached hydrogen (secondary N) is 1. The zero-order chi connectivity index (χ0) is 12.7. The van der Waals surface area contributed by atoms with Gasteiger partial charge < -0.3 is 10.2 Å². The van der Waals surface area contributed by atoms with Gasteiger partial charge in [-0.1, -0.05) is 11.6 Å². The van der Waals surface area contributed by atoms with Crippen LogP contribution in [0.25, 0.3) is 0 Å². The summed E-state index contributed by atoms with van der Waals surface area (Å²) in [7, 11) is 2.26. The summed E-state index contributed by atoms with van der Waals surface area (Å²) in [6, 6.07) is 4.08. The second-order valence-corrected chi connectivity index (χ2v) is 6.57. The van der Waals surface area contributed by atoms with Crippen molar-refractivity contribution in [2.75, 3.05) is 12.4 Å². The SMILES string of the molecule is CN1C2CCC1CC(Nc1cnc(Cl)c(Br)c1)C2. The fourth-order valence-electron chi connectivity index (χ4n) is 3.27. The topological polar surface area (TPSA) is 28.2 Å². The van der Waals surface area contributed by atoms with Crippen molar-refractivity contribution in [3.05, 3.63) is 21.9 Å². The van der Waals surface area contributed by atoms with E-state index in [0.717, 1.165) is 22.2 Å². The van der Waals surface area contributed by atoms with E-state index in [4.69, 9.17) is 11.6 Å². The molecule has 1 aromatic rings. The highest BCUT2D eigenvalue weighted by molar-refractivity contribution is 9.10. The van der Waals surface area contributed by atoms with Gasteiger partial charge in [0, 0.05) is 18.1 Å². The lowest BCUT2D eigenvalue weighted by Gasteiger charge is -2.37. The van der Waals surface area contributed by atoms with E-state index in [9.17, 15) is 0 Å². The Bertz CT molecular complexity index is 440. The summed E-state index contributed by atoms with van der Waals surface area (Å²) in [5, 5.41) is 4.11. The third-order valence-corrected chi connectivity index (χ3v) is 5.40. The van der Waals surface area contributed by atoms with Crippen molar-refractivity contribution in [1.82, 2.24) is 9.88 Å². The maximum Gasteiger partial charge on any atom is 0.143 e. The van der Waals surface area contributed by atoms with Gasteiger partial charge in [-0.2, -0.15) is 0 Å². The minimum atomic E-state index is 0.518. The minimum absolute atomic E-state index is 0.518. The van der Waals surface area contributed by atoms with Crippen LogP contribution in [0.1, 0.15) is 25.7 Å². The van der Waals surface area contributed by atoms with Gasteiger partial charge in [0.1, 0.15) is 5.15 Å². The van der Waals surface area contributed by atoms with E-state index < -0.39 is 0 Å². The number of hydrogen-bond acceptors (Lipinski definition) is 3. The molecule has 0 aromatic carbocycles. The van der Waals surface area contributed by atoms with Gasteiger partial charge in [-0.25, -0.2) is 4.98 Å². The molecule has 2 atom stereocenters. The molecule has 0 spiro atoms. The van der Waals surface area contributed by atoms with E-state index in [1.807, 2.05) is 12.3 Å². The van der Waals surface area contributed by atoms with Gasteiger partial charge in [-0.15, -0.1) is 0 Å². The highest BCUT2D eigenvalue weighted by atomic mass is 79.9. The van der Waals surface area contributed by atoms with Crippen LogP contribution in [0.5, 0.6) is 0 Å². The van der Waals surface area contributed by atoms with Crippen LogP contribution in [0.15, 0.2) is 16.7 Å². The number of rotatable bonds is 2. The van der Waals surface area contributed by atoms with Gasteiger partial charge in [0.15, 0.2) is 0 Å². The molecule has 1 aromatic heterocycles. The summed E-state index contributed by atoms with van der Waals surface area (Å²) >= 11 is 9.32.